The highest BCUT2D eigenvalue weighted by Gasteiger charge is 2.47. The van der Waals surface area contributed by atoms with Crippen LogP contribution >= 0.6 is 0 Å². The van der Waals surface area contributed by atoms with Gasteiger partial charge < -0.3 is 9.80 Å². The van der Waals surface area contributed by atoms with Gasteiger partial charge in [-0.2, -0.15) is 0 Å². The average molecular weight is 804 g/mol. The molecule has 61 heavy (non-hydrogen) atoms. The highest BCUT2D eigenvalue weighted by Crippen LogP contribution is 2.53. The van der Waals surface area contributed by atoms with Gasteiger partial charge in [0.05, 0.1) is 0 Å². The van der Waals surface area contributed by atoms with Gasteiger partial charge in [0.2, 0.25) is 0 Å². The molecule has 10 rings (SSSR count). The first-order valence-corrected chi connectivity index (χ1v) is 22.8. The Morgan fingerprint density at radius 2 is 1.10 bits per heavy atom. The van der Waals surface area contributed by atoms with Gasteiger partial charge in [-0.25, -0.2) is 0 Å². The SMILES string of the molecule is [2H]C([2H])([2H])c1cc2c3c(c1)N(c1ccc(C(C)(C)C)cc1C)c1cc(-c4ccccc4)ccc1B3c1cc3c(cc1N2c1ccc2c(c1)C(C)(C)CCC2(C)C)C(C)(C)CCC3(C)C. The number of anilines is 6. The third-order valence-corrected chi connectivity index (χ3v) is 15.5. The van der Waals surface area contributed by atoms with Crippen LogP contribution < -0.4 is 26.2 Å². The van der Waals surface area contributed by atoms with Gasteiger partial charge in [-0.05, 0) is 175 Å². The van der Waals surface area contributed by atoms with Crippen LogP contribution in [-0.2, 0) is 27.1 Å². The molecular formula is C58H65BN2. The third-order valence-electron chi connectivity index (χ3n) is 15.5. The molecule has 2 aliphatic carbocycles. The minimum Gasteiger partial charge on any atom is -0.311 e. The van der Waals surface area contributed by atoms with Crippen molar-refractivity contribution in [3.8, 4) is 11.1 Å². The quantitative estimate of drug-likeness (QED) is 0.164. The Kier molecular flexibility index (Phi) is 7.95. The van der Waals surface area contributed by atoms with Crippen molar-refractivity contribution < 1.29 is 4.11 Å². The van der Waals surface area contributed by atoms with Gasteiger partial charge in [-0.3, -0.25) is 0 Å². The molecule has 3 heteroatoms. The molecule has 2 nitrogen and oxygen atoms in total. The second-order valence-electron chi connectivity index (χ2n) is 22.6. The van der Waals surface area contributed by atoms with E-state index in [-0.39, 0.29) is 33.8 Å². The molecule has 6 aromatic rings. The number of nitrogens with zero attached hydrogens (tertiary/aromatic N) is 2. The van der Waals surface area contributed by atoms with Crippen molar-refractivity contribution in [2.75, 3.05) is 9.80 Å². The smallest absolute Gasteiger partial charge is 0.252 e. The maximum atomic E-state index is 9.08. The van der Waals surface area contributed by atoms with E-state index in [1.807, 2.05) is 12.1 Å². The summed E-state index contributed by atoms with van der Waals surface area (Å²) in [7, 11) is 0. The Hall–Kier alpha value is -5.02. The summed E-state index contributed by atoms with van der Waals surface area (Å²) in [5.74, 6) is 0. The van der Waals surface area contributed by atoms with Crippen molar-refractivity contribution in [2.24, 2.45) is 0 Å². The Morgan fingerprint density at radius 3 is 1.72 bits per heavy atom. The van der Waals surface area contributed by atoms with E-state index in [4.69, 9.17) is 4.11 Å². The summed E-state index contributed by atoms with van der Waals surface area (Å²) in [5.41, 5.74) is 20.6. The van der Waals surface area contributed by atoms with Gasteiger partial charge in [-0.15, -0.1) is 0 Å². The molecule has 2 heterocycles. The normalized spacial score (nSPS) is 19.7. The zero-order valence-electron chi connectivity index (χ0n) is 41.7. The number of hydrogen-bond donors (Lipinski definition) is 0. The Labute approximate surface area is 371 Å². The summed E-state index contributed by atoms with van der Waals surface area (Å²) in [4.78, 5) is 4.87. The van der Waals surface area contributed by atoms with E-state index in [1.54, 1.807) is 0 Å². The lowest BCUT2D eigenvalue weighted by atomic mass is 9.33. The lowest BCUT2D eigenvalue weighted by Crippen LogP contribution is -2.62. The van der Waals surface area contributed by atoms with Crippen molar-refractivity contribution in [2.45, 2.75) is 143 Å². The van der Waals surface area contributed by atoms with Gasteiger partial charge >= 0.3 is 0 Å². The number of aryl methyl sites for hydroxylation is 2. The maximum Gasteiger partial charge on any atom is 0.252 e. The highest BCUT2D eigenvalue weighted by molar-refractivity contribution is 7.00. The van der Waals surface area contributed by atoms with Crippen LogP contribution in [0.25, 0.3) is 11.1 Å². The first kappa shape index (κ1) is 36.6. The monoisotopic (exact) mass is 804 g/mol. The fourth-order valence-electron chi connectivity index (χ4n) is 11.5. The van der Waals surface area contributed by atoms with Crippen LogP contribution in [0.4, 0.5) is 34.1 Å². The molecule has 0 amide bonds. The number of hydrogen-bond acceptors (Lipinski definition) is 2. The Balaban J connectivity index is 1.35. The first-order chi connectivity index (χ1) is 29.9. The molecule has 0 atom stereocenters. The molecule has 0 N–H and O–H groups in total. The van der Waals surface area contributed by atoms with Gasteiger partial charge in [0.25, 0.3) is 6.71 Å². The van der Waals surface area contributed by atoms with E-state index in [0.717, 1.165) is 82.0 Å². The van der Waals surface area contributed by atoms with Crippen molar-refractivity contribution >= 4 is 57.2 Å². The van der Waals surface area contributed by atoms with Gasteiger partial charge in [0, 0.05) is 38.2 Å². The maximum absolute atomic E-state index is 9.08. The number of fused-ring (bicyclic) bond motifs is 6. The van der Waals surface area contributed by atoms with Crippen molar-refractivity contribution in [1.29, 1.82) is 0 Å². The van der Waals surface area contributed by atoms with E-state index in [1.165, 1.54) is 38.7 Å². The van der Waals surface area contributed by atoms with Crippen LogP contribution in [0.15, 0.2) is 109 Å². The average Bonchev–Trinajstić information content (AvgIpc) is 3.23. The highest BCUT2D eigenvalue weighted by atomic mass is 15.2. The molecule has 0 bridgehead atoms. The molecule has 310 valence electrons. The summed E-state index contributed by atoms with van der Waals surface area (Å²) < 4.78 is 27.3. The number of benzene rings is 6. The van der Waals surface area contributed by atoms with Crippen LogP contribution in [0.2, 0.25) is 0 Å². The summed E-state index contributed by atoms with van der Waals surface area (Å²) >= 11 is 0. The first-order valence-electron chi connectivity index (χ1n) is 24.3. The molecular weight excluding hydrogens is 735 g/mol. The van der Waals surface area contributed by atoms with Gasteiger partial charge in [-0.1, -0.05) is 143 Å². The zero-order valence-corrected chi connectivity index (χ0v) is 38.7. The van der Waals surface area contributed by atoms with E-state index in [2.05, 4.69) is 190 Å². The van der Waals surface area contributed by atoms with Crippen LogP contribution in [0, 0.1) is 13.8 Å². The fourth-order valence-corrected chi connectivity index (χ4v) is 11.5. The van der Waals surface area contributed by atoms with Crippen LogP contribution in [0.1, 0.15) is 145 Å². The molecule has 0 radical (unpaired) electrons. The van der Waals surface area contributed by atoms with Crippen LogP contribution in [0.5, 0.6) is 0 Å². The number of rotatable bonds is 3. The molecule has 2 aliphatic heterocycles. The van der Waals surface area contributed by atoms with Crippen LogP contribution in [-0.4, -0.2) is 6.71 Å². The fraction of sp³-hybridized carbons (Fsp3) is 0.379. The standard InChI is InChI=1S/C58H65BN2/c1-36-29-51-53-52(30-36)61(48-24-20-40(31-37(48)2)54(3,4)5)49-32-39(38-17-15-14-16-18-38)19-23-46(49)59(53)47-34-44-45(58(12,13)28-27-57(44,10)11)35-50(47)60(51)41-21-22-42-43(33-41)56(8,9)26-25-55(42,6)7/h14-24,29-35H,25-28H2,1-13H3/i1D3. The van der Waals surface area contributed by atoms with Crippen LogP contribution in [0.3, 0.4) is 0 Å². The third kappa shape index (κ3) is 6.18. The minimum absolute atomic E-state index is 0.00697. The molecule has 0 unspecified atom stereocenters. The summed E-state index contributed by atoms with van der Waals surface area (Å²) in [6.07, 6.45) is 4.48. The minimum atomic E-state index is -2.35. The largest absolute Gasteiger partial charge is 0.311 e. The summed E-state index contributed by atoms with van der Waals surface area (Å²) in [5, 5.41) is 0. The second kappa shape index (κ2) is 13.2. The van der Waals surface area contributed by atoms with Crippen molar-refractivity contribution in [3.63, 3.8) is 0 Å². The van der Waals surface area contributed by atoms with E-state index < -0.39 is 6.85 Å². The molecule has 4 aliphatic rings. The lowest BCUT2D eigenvalue weighted by molar-refractivity contribution is 0.332. The molecule has 6 aromatic carbocycles. The lowest BCUT2D eigenvalue weighted by Gasteiger charge is -2.48. The van der Waals surface area contributed by atoms with E-state index >= 15 is 0 Å². The zero-order chi connectivity index (χ0) is 45.7. The predicted octanol–water partition coefficient (Wildman–Crippen LogP) is 14.0. The Bertz CT molecular complexity index is 2890. The molecule has 0 saturated carbocycles. The van der Waals surface area contributed by atoms with E-state index in [0.29, 0.717) is 5.56 Å². The predicted molar refractivity (Wildman–Crippen MR) is 265 cm³/mol. The van der Waals surface area contributed by atoms with Gasteiger partial charge in [0.15, 0.2) is 0 Å². The summed E-state index contributed by atoms with van der Waals surface area (Å²) in [6.45, 7) is 25.8. The summed E-state index contributed by atoms with van der Waals surface area (Å²) in [6, 6.07) is 40.8. The van der Waals surface area contributed by atoms with E-state index in [9.17, 15) is 0 Å². The van der Waals surface area contributed by atoms with Gasteiger partial charge in [0.1, 0.15) is 0 Å². The van der Waals surface area contributed by atoms with Crippen molar-refractivity contribution in [1.82, 2.24) is 0 Å². The molecule has 0 aromatic heterocycles. The molecule has 0 fully saturated rings. The second-order valence-corrected chi connectivity index (χ2v) is 22.6. The topological polar surface area (TPSA) is 6.48 Å². The molecule has 0 spiro atoms. The molecule has 0 saturated heterocycles. The Morgan fingerprint density at radius 1 is 0.508 bits per heavy atom. The van der Waals surface area contributed by atoms with Crippen molar-refractivity contribution in [3.05, 3.63) is 148 Å².